The van der Waals surface area contributed by atoms with E-state index in [4.69, 9.17) is 4.74 Å². The van der Waals surface area contributed by atoms with E-state index < -0.39 is 23.2 Å². The van der Waals surface area contributed by atoms with Crippen molar-refractivity contribution in [1.82, 2.24) is 19.7 Å². The average Bonchev–Trinajstić information content (AvgIpc) is 3.17. The molecule has 208 valence electrons. The van der Waals surface area contributed by atoms with Gasteiger partial charge in [0, 0.05) is 55.3 Å². The molecular weight excluding hydrogens is 502 g/mol. The zero-order valence-corrected chi connectivity index (χ0v) is 23.5. The van der Waals surface area contributed by atoms with Crippen LogP contribution in [-0.4, -0.2) is 33.1 Å². The Labute approximate surface area is 227 Å². The summed E-state index contributed by atoms with van der Waals surface area (Å²) in [6.07, 6.45) is -0.446. The fourth-order valence-electron chi connectivity index (χ4n) is 4.80. The number of pyridine rings is 1. The van der Waals surface area contributed by atoms with Crippen molar-refractivity contribution in [2.75, 3.05) is 13.7 Å². The first-order valence-corrected chi connectivity index (χ1v) is 12.9. The fraction of sp³-hybridized carbons (Fsp3) is 0.400. The number of benzene rings is 2. The van der Waals surface area contributed by atoms with Gasteiger partial charge in [-0.3, -0.25) is 9.48 Å². The molecule has 0 bridgehead atoms. The summed E-state index contributed by atoms with van der Waals surface area (Å²) in [5.41, 5.74) is 4.27. The number of fused-ring (bicyclic) bond motifs is 1. The van der Waals surface area contributed by atoms with Gasteiger partial charge in [0.15, 0.2) is 11.6 Å². The summed E-state index contributed by atoms with van der Waals surface area (Å²) < 4.78 is 38.7. The zero-order valence-electron chi connectivity index (χ0n) is 23.5. The summed E-state index contributed by atoms with van der Waals surface area (Å²) in [6.45, 7) is 8.22. The van der Waals surface area contributed by atoms with E-state index in [9.17, 15) is 14.3 Å². The van der Waals surface area contributed by atoms with Crippen molar-refractivity contribution in [1.29, 1.82) is 0 Å². The molecule has 0 aliphatic heterocycles. The van der Waals surface area contributed by atoms with Gasteiger partial charge in [0.05, 0.1) is 17.8 Å². The van der Waals surface area contributed by atoms with E-state index in [2.05, 4.69) is 10.4 Å². The van der Waals surface area contributed by atoms with Crippen molar-refractivity contribution in [3.63, 3.8) is 0 Å². The molecule has 0 amide bonds. The number of aryl methyl sites for hydroxylation is 2. The second-order valence-electron chi connectivity index (χ2n) is 11.0. The number of aliphatic hydroxyl groups excluding tert-OH is 1. The van der Waals surface area contributed by atoms with Gasteiger partial charge in [-0.2, -0.15) is 9.49 Å². The van der Waals surface area contributed by atoms with Crippen molar-refractivity contribution in [2.24, 2.45) is 19.5 Å². The van der Waals surface area contributed by atoms with Gasteiger partial charge < -0.3 is 19.7 Å². The molecule has 2 aromatic heterocycles. The van der Waals surface area contributed by atoms with Crippen LogP contribution < -0.4 is 15.6 Å². The molecule has 1 atom stereocenters. The van der Waals surface area contributed by atoms with Crippen LogP contribution in [0.25, 0.3) is 22.0 Å². The molecule has 2 N–H and O–H groups in total. The highest BCUT2D eigenvalue weighted by Crippen LogP contribution is 2.37. The number of nitrogens with zero attached hydrogens (tertiary/aromatic N) is 3. The van der Waals surface area contributed by atoms with Crippen LogP contribution >= 0.6 is 0 Å². The smallest absolute Gasteiger partial charge is 0.251 e. The molecule has 4 aromatic rings. The molecule has 9 heteroatoms. The minimum absolute atomic E-state index is 0.0524. The van der Waals surface area contributed by atoms with E-state index in [-0.39, 0.29) is 17.9 Å². The SMILES string of the molecule is CNCc1cc(=O)n(C)c2ccc(-c3ccc(F)c(F)c3OCCc3c(C(O)C(C)(C)C)nn(C)c3C)cc12. The van der Waals surface area contributed by atoms with Crippen molar-refractivity contribution in [3.8, 4) is 16.9 Å². The predicted octanol–water partition coefficient (Wildman–Crippen LogP) is 4.95. The van der Waals surface area contributed by atoms with Crippen LogP contribution in [0.3, 0.4) is 0 Å². The molecule has 1 unspecified atom stereocenters. The molecule has 7 nitrogen and oxygen atoms in total. The third-order valence-electron chi connectivity index (χ3n) is 7.23. The average molecular weight is 539 g/mol. The lowest BCUT2D eigenvalue weighted by atomic mass is 9.85. The van der Waals surface area contributed by atoms with Crippen LogP contribution in [0.4, 0.5) is 8.78 Å². The Morgan fingerprint density at radius 3 is 2.51 bits per heavy atom. The number of aromatic nitrogens is 3. The molecule has 2 aromatic carbocycles. The summed E-state index contributed by atoms with van der Waals surface area (Å²) in [5, 5.41) is 19.3. The summed E-state index contributed by atoms with van der Waals surface area (Å²) in [5.74, 6) is -2.26. The second-order valence-corrected chi connectivity index (χ2v) is 11.0. The Bertz CT molecular complexity index is 1580. The minimum Gasteiger partial charge on any atom is -0.489 e. The maximum absolute atomic E-state index is 15.1. The largest absolute Gasteiger partial charge is 0.489 e. The fourth-order valence-corrected chi connectivity index (χ4v) is 4.80. The van der Waals surface area contributed by atoms with E-state index >= 15 is 4.39 Å². The van der Waals surface area contributed by atoms with Crippen molar-refractivity contribution in [3.05, 3.63) is 80.9 Å². The number of hydrogen-bond acceptors (Lipinski definition) is 5. The molecule has 39 heavy (non-hydrogen) atoms. The first-order valence-electron chi connectivity index (χ1n) is 12.9. The van der Waals surface area contributed by atoms with Gasteiger partial charge >= 0.3 is 0 Å². The standard InChI is InChI=1S/C30H36F2N4O3/c1-17-20(27(34-36(17)7)29(38)30(2,3)4)12-13-39-28-21(9-10-23(31)26(28)32)18-8-11-24-22(14-18)19(16-33-5)15-25(37)35(24)6/h8-11,14-15,29,33,38H,12-13,16H2,1-7H3. The third-order valence-corrected chi connectivity index (χ3v) is 7.23. The molecule has 0 radical (unpaired) electrons. The monoisotopic (exact) mass is 538 g/mol. The molecular formula is C30H36F2N4O3. The van der Waals surface area contributed by atoms with Gasteiger partial charge in [0.2, 0.25) is 5.82 Å². The molecule has 4 rings (SSSR count). The normalized spacial score (nSPS) is 12.8. The van der Waals surface area contributed by atoms with Crippen molar-refractivity contribution in [2.45, 2.75) is 46.8 Å². The van der Waals surface area contributed by atoms with E-state index in [1.54, 1.807) is 48.6 Å². The molecule has 0 fully saturated rings. The Balaban J connectivity index is 1.72. The van der Waals surface area contributed by atoms with Crippen LogP contribution in [0.2, 0.25) is 0 Å². The van der Waals surface area contributed by atoms with Gasteiger partial charge in [-0.25, -0.2) is 4.39 Å². The molecule has 0 saturated carbocycles. The third kappa shape index (κ3) is 5.46. The maximum Gasteiger partial charge on any atom is 0.251 e. The Morgan fingerprint density at radius 2 is 1.85 bits per heavy atom. The molecule has 0 aliphatic carbocycles. The number of ether oxygens (including phenoxy) is 1. The lowest BCUT2D eigenvalue weighted by Crippen LogP contribution is -2.20. The van der Waals surface area contributed by atoms with Gasteiger partial charge in [0.25, 0.3) is 5.56 Å². The number of halogens is 2. The highest BCUT2D eigenvalue weighted by molar-refractivity contribution is 5.88. The predicted molar refractivity (Wildman–Crippen MR) is 149 cm³/mol. The summed E-state index contributed by atoms with van der Waals surface area (Å²) in [7, 11) is 5.30. The van der Waals surface area contributed by atoms with E-state index in [0.29, 0.717) is 29.8 Å². The highest BCUT2D eigenvalue weighted by Gasteiger charge is 2.30. The quantitative estimate of drug-likeness (QED) is 0.332. The summed E-state index contributed by atoms with van der Waals surface area (Å²) in [6, 6.07) is 9.59. The maximum atomic E-state index is 15.1. The number of rotatable bonds is 8. The molecule has 0 saturated heterocycles. The minimum atomic E-state index is -1.07. The number of aliphatic hydroxyl groups is 1. The van der Waals surface area contributed by atoms with Crippen molar-refractivity contribution >= 4 is 10.9 Å². The van der Waals surface area contributed by atoms with Crippen molar-refractivity contribution < 1.29 is 18.6 Å². The number of hydrogen-bond donors (Lipinski definition) is 2. The topological polar surface area (TPSA) is 81.3 Å². The lowest BCUT2D eigenvalue weighted by molar-refractivity contribution is 0.0575. The van der Waals surface area contributed by atoms with Gasteiger partial charge in [0.1, 0.15) is 6.10 Å². The summed E-state index contributed by atoms with van der Waals surface area (Å²) in [4.78, 5) is 12.4. The Morgan fingerprint density at radius 1 is 1.13 bits per heavy atom. The van der Waals surface area contributed by atoms with E-state index in [1.807, 2.05) is 33.8 Å². The lowest BCUT2D eigenvalue weighted by Gasteiger charge is -2.25. The highest BCUT2D eigenvalue weighted by atomic mass is 19.2. The van der Waals surface area contributed by atoms with Gasteiger partial charge in [-0.15, -0.1) is 0 Å². The van der Waals surface area contributed by atoms with Crippen LogP contribution in [0.15, 0.2) is 41.2 Å². The summed E-state index contributed by atoms with van der Waals surface area (Å²) >= 11 is 0. The van der Waals surface area contributed by atoms with Crippen LogP contribution in [0, 0.1) is 24.0 Å². The van der Waals surface area contributed by atoms with E-state index in [0.717, 1.165) is 33.8 Å². The second kappa shape index (κ2) is 10.9. The molecule has 2 heterocycles. The van der Waals surface area contributed by atoms with Crippen LogP contribution in [0.5, 0.6) is 5.75 Å². The number of nitrogens with one attached hydrogen (secondary N) is 1. The Hall–Kier alpha value is -3.56. The molecule has 0 spiro atoms. The van der Waals surface area contributed by atoms with Crippen LogP contribution in [0.1, 0.15) is 49.4 Å². The first kappa shape index (κ1) is 28.4. The van der Waals surface area contributed by atoms with Gasteiger partial charge in [-0.05, 0) is 54.8 Å². The molecule has 0 aliphatic rings. The van der Waals surface area contributed by atoms with Crippen LogP contribution in [-0.2, 0) is 27.1 Å². The van der Waals surface area contributed by atoms with E-state index in [1.165, 1.54) is 6.07 Å². The van der Waals surface area contributed by atoms with Gasteiger partial charge in [-0.1, -0.05) is 26.8 Å². The zero-order chi connectivity index (χ0) is 28.6. The first-order chi connectivity index (χ1) is 18.3. The Kier molecular flexibility index (Phi) is 7.95.